The first-order chi connectivity index (χ1) is 8.28. The number of aryl methyl sites for hydroxylation is 1. The van der Waals surface area contributed by atoms with Gasteiger partial charge in [-0.2, -0.15) is 0 Å². The van der Waals surface area contributed by atoms with Gasteiger partial charge in [-0.15, -0.1) is 23.1 Å². The van der Waals surface area contributed by atoms with E-state index >= 15 is 0 Å². The van der Waals surface area contributed by atoms with Crippen molar-refractivity contribution >= 4 is 39.3 Å². The lowest BCUT2D eigenvalue weighted by atomic mass is 10.3. The van der Waals surface area contributed by atoms with Crippen molar-refractivity contribution in [3.05, 3.63) is 10.9 Å². The van der Waals surface area contributed by atoms with Gasteiger partial charge in [0, 0.05) is 17.3 Å². The minimum Gasteiger partial charge on any atom is -0.357 e. The highest BCUT2D eigenvalue weighted by molar-refractivity contribution is 7.99. The Hall–Kier alpha value is -0.810. The number of hydrogen-bond acceptors (Lipinski definition) is 5. The summed E-state index contributed by atoms with van der Waals surface area (Å²) >= 11 is 3.59. The monoisotopic (exact) mass is 267 g/mol. The SMILES string of the molecule is CCCSc1nc(NC)nc2sc(CC)cc12. The molecule has 2 aromatic rings. The number of rotatable bonds is 5. The Morgan fingerprint density at radius 3 is 2.82 bits per heavy atom. The molecule has 3 nitrogen and oxygen atoms in total. The second-order valence-electron chi connectivity index (χ2n) is 3.74. The second-order valence-corrected chi connectivity index (χ2v) is 5.93. The fourth-order valence-electron chi connectivity index (χ4n) is 1.54. The topological polar surface area (TPSA) is 37.8 Å². The smallest absolute Gasteiger partial charge is 0.224 e. The maximum absolute atomic E-state index is 4.55. The lowest BCUT2D eigenvalue weighted by Crippen LogP contribution is -1.97. The summed E-state index contributed by atoms with van der Waals surface area (Å²) in [7, 11) is 1.86. The van der Waals surface area contributed by atoms with Gasteiger partial charge in [-0.3, -0.25) is 0 Å². The van der Waals surface area contributed by atoms with Crippen molar-refractivity contribution < 1.29 is 0 Å². The van der Waals surface area contributed by atoms with E-state index in [-0.39, 0.29) is 0 Å². The lowest BCUT2D eigenvalue weighted by molar-refractivity contribution is 1.07. The molecule has 2 heterocycles. The van der Waals surface area contributed by atoms with E-state index in [1.807, 2.05) is 18.8 Å². The highest BCUT2D eigenvalue weighted by Crippen LogP contribution is 2.32. The minimum atomic E-state index is 0.723. The molecule has 0 aliphatic carbocycles. The van der Waals surface area contributed by atoms with Crippen molar-refractivity contribution in [1.82, 2.24) is 9.97 Å². The average molecular weight is 267 g/mol. The van der Waals surface area contributed by atoms with E-state index in [2.05, 4.69) is 35.2 Å². The summed E-state index contributed by atoms with van der Waals surface area (Å²) in [5.41, 5.74) is 0. The average Bonchev–Trinajstić information content (AvgIpc) is 2.78. The van der Waals surface area contributed by atoms with Gasteiger partial charge in [0.25, 0.3) is 0 Å². The molecular formula is C12H17N3S2. The molecule has 17 heavy (non-hydrogen) atoms. The Bertz CT molecular complexity index is 508. The largest absolute Gasteiger partial charge is 0.357 e. The molecule has 5 heteroatoms. The standard InChI is InChI=1S/C12H17N3S2/c1-4-6-16-10-9-7-8(5-2)17-11(9)15-12(13-3)14-10/h7H,4-6H2,1-3H3,(H,13,14,15). The zero-order valence-electron chi connectivity index (χ0n) is 10.4. The maximum atomic E-state index is 4.55. The summed E-state index contributed by atoms with van der Waals surface area (Å²) in [5.74, 6) is 1.83. The molecule has 1 N–H and O–H groups in total. The first-order valence-electron chi connectivity index (χ1n) is 5.89. The summed E-state index contributed by atoms with van der Waals surface area (Å²) in [6.45, 7) is 4.37. The van der Waals surface area contributed by atoms with E-state index in [0.29, 0.717) is 0 Å². The molecule has 0 saturated carbocycles. The van der Waals surface area contributed by atoms with Crippen LogP contribution < -0.4 is 5.32 Å². The third kappa shape index (κ3) is 2.72. The third-order valence-electron chi connectivity index (χ3n) is 2.42. The predicted octanol–water partition coefficient (Wildman–Crippen LogP) is 3.80. The quantitative estimate of drug-likeness (QED) is 0.660. The van der Waals surface area contributed by atoms with Gasteiger partial charge < -0.3 is 5.32 Å². The van der Waals surface area contributed by atoms with Crippen molar-refractivity contribution in [3.8, 4) is 0 Å². The van der Waals surface area contributed by atoms with Crippen LogP contribution in [0.1, 0.15) is 25.1 Å². The fourth-order valence-corrected chi connectivity index (χ4v) is 3.43. The van der Waals surface area contributed by atoms with E-state index in [4.69, 9.17) is 0 Å². The molecule has 0 aliphatic heterocycles. The van der Waals surface area contributed by atoms with Gasteiger partial charge >= 0.3 is 0 Å². The van der Waals surface area contributed by atoms with Crippen LogP contribution in [0.3, 0.4) is 0 Å². The van der Waals surface area contributed by atoms with Crippen molar-refractivity contribution in [2.24, 2.45) is 0 Å². The van der Waals surface area contributed by atoms with Gasteiger partial charge in [-0.25, -0.2) is 9.97 Å². The molecular weight excluding hydrogens is 250 g/mol. The molecule has 0 spiro atoms. The molecule has 0 aliphatic rings. The van der Waals surface area contributed by atoms with Gasteiger partial charge in [-0.1, -0.05) is 13.8 Å². The summed E-state index contributed by atoms with van der Waals surface area (Å²) in [6.07, 6.45) is 2.23. The van der Waals surface area contributed by atoms with Gasteiger partial charge in [0.1, 0.15) is 9.86 Å². The molecule has 0 bridgehead atoms. The van der Waals surface area contributed by atoms with Gasteiger partial charge in [0.05, 0.1) is 0 Å². The van der Waals surface area contributed by atoms with Crippen LogP contribution >= 0.6 is 23.1 Å². The zero-order chi connectivity index (χ0) is 12.3. The molecule has 0 amide bonds. The summed E-state index contributed by atoms with van der Waals surface area (Å²) in [6, 6.07) is 2.23. The first kappa shape index (κ1) is 12.6. The number of fused-ring (bicyclic) bond motifs is 1. The Balaban J connectivity index is 2.48. The molecule has 2 rings (SSSR count). The third-order valence-corrected chi connectivity index (χ3v) is 4.79. The Labute approximate surface area is 110 Å². The molecule has 0 aromatic carbocycles. The second kappa shape index (κ2) is 5.69. The summed E-state index contributed by atoms with van der Waals surface area (Å²) in [5, 5.41) is 5.36. The van der Waals surface area contributed by atoms with Gasteiger partial charge in [-0.05, 0) is 24.7 Å². The van der Waals surface area contributed by atoms with Gasteiger partial charge in [0.2, 0.25) is 5.95 Å². The number of thiophene rings is 1. The number of nitrogens with zero attached hydrogens (tertiary/aromatic N) is 2. The van der Waals surface area contributed by atoms with Gasteiger partial charge in [0.15, 0.2) is 0 Å². The Morgan fingerprint density at radius 2 is 2.18 bits per heavy atom. The van der Waals surface area contributed by atoms with E-state index in [9.17, 15) is 0 Å². The van der Waals surface area contributed by atoms with Crippen LogP contribution in [0, 0.1) is 0 Å². The molecule has 2 aromatic heterocycles. The minimum absolute atomic E-state index is 0.723. The van der Waals surface area contributed by atoms with Crippen LogP contribution in [0.5, 0.6) is 0 Å². The summed E-state index contributed by atoms with van der Waals surface area (Å²) < 4.78 is 0. The molecule has 0 radical (unpaired) electrons. The molecule has 0 saturated heterocycles. The van der Waals surface area contributed by atoms with E-state index in [0.717, 1.165) is 34.4 Å². The molecule has 0 atom stereocenters. The van der Waals surface area contributed by atoms with Crippen LogP contribution in [0.25, 0.3) is 10.2 Å². The number of nitrogens with one attached hydrogen (secondary N) is 1. The van der Waals surface area contributed by atoms with Crippen molar-refractivity contribution in [3.63, 3.8) is 0 Å². The normalized spacial score (nSPS) is 11.0. The highest BCUT2D eigenvalue weighted by Gasteiger charge is 2.10. The maximum Gasteiger partial charge on any atom is 0.224 e. The Kier molecular flexibility index (Phi) is 4.23. The van der Waals surface area contributed by atoms with E-state index in [1.165, 1.54) is 10.3 Å². The van der Waals surface area contributed by atoms with Crippen LogP contribution in [0.4, 0.5) is 5.95 Å². The van der Waals surface area contributed by atoms with Crippen molar-refractivity contribution in [2.45, 2.75) is 31.7 Å². The van der Waals surface area contributed by atoms with E-state index in [1.54, 1.807) is 11.3 Å². The number of hydrogen-bond donors (Lipinski definition) is 1. The molecule has 0 fully saturated rings. The molecule has 92 valence electrons. The number of anilines is 1. The van der Waals surface area contributed by atoms with Crippen molar-refractivity contribution in [1.29, 1.82) is 0 Å². The molecule has 0 unspecified atom stereocenters. The van der Waals surface area contributed by atoms with Crippen LogP contribution in [-0.2, 0) is 6.42 Å². The number of aromatic nitrogens is 2. The van der Waals surface area contributed by atoms with E-state index < -0.39 is 0 Å². The first-order valence-corrected chi connectivity index (χ1v) is 7.69. The predicted molar refractivity (Wildman–Crippen MR) is 77.4 cm³/mol. The van der Waals surface area contributed by atoms with Crippen molar-refractivity contribution in [2.75, 3.05) is 18.1 Å². The lowest BCUT2D eigenvalue weighted by Gasteiger charge is -2.04. The van der Waals surface area contributed by atoms with Crippen LogP contribution in [0.2, 0.25) is 0 Å². The zero-order valence-corrected chi connectivity index (χ0v) is 12.0. The van der Waals surface area contributed by atoms with Crippen LogP contribution in [0.15, 0.2) is 11.1 Å². The number of thioether (sulfide) groups is 1. The van der Waals surface area contributed by atoms with Crippen LogP contribution in [-0.4, -0.2) is 22.8 Å². The highest BCUT2D eigenvalue weighted by atomic mass is 32.2. The Morgan fingerprint density at radius 1 is 1.35 bits per heavy atom. The fraction of sp³-hybridized carbons (Fsp3) is 0.500. The summed E-state index contributed by atoms with van der Waals surface area (Å²) in [4.78, 5) is 11.5.